The highest BCUT2D eigenvalue weighted by Crippen LogP contribution is 2.14. The lowest BCUT2D eigenvalue weighted by Gasteiger charge is -2.22. The van der Waals surface area contributed by atoms with E-state index in [9.17, 15) is 25.1 Å². The molecule has 1 aromatic carbocycles. The Hall–Kier alpha value is -2.23. The Labute approximate surface area is 145 Å². The van der Waals surface area contributed by atoms with E-state index in [1.807, 2.05) is 0 Å². The quantitative estimate of drug-likeness (QED) is 0.485. The smallest absolute Gasteiger partial charge is 0.409 e. The van der Waals surface area contributed by atoms with Crippen molar-refractivity contribution < 1.29 is 24.7 Å². The predicted molar refractivity (Wildman–Crippen MR) is 88.9 cm³/mol. The summed E-state index contributed by atoms with van der Waals surface area (Å²) in [6.45, 7) is 0.795. The number of ether oxygens (including phenoxy) is 1. The number of nitro groups is 1. The van der Waals surface area contributed by atoms with Gasteiger partial charge in [0.15, 0.2) is 0 Å². The van der Waals surface area contributed by atoms with Gasteiger partial charge in [-0.15, -0.1) is 0 Å². The van der Waals surface area contributed by atoms with E-state index in [0.29, 0.717) is 31.5 Å². The molecule has 0 unspecified atom stereocenters. The number of nitro benzene ring substituents is 1. The summed E-state index contributed by atoms with van der Waals surface area (Å²) in [6.07, 6.45) is -0.765. The lowest BCUT2D eigenvalue weighted by atomic mass is 10.1. The molecule has 0 spiro atoms. The maximum Gasteiger partial charge on any atom is 0.409 e. The second-order valence-electron chi connectivity index (χ2n) is 6.16. The van der Waals surface area contributed by atoms with Crippen LogP contribution in [0.1, 0.15) is 18.4 Å². The third-order valence-corrected chi connectivity index (χ3v) is 4.19. The molecule has 138 valence electrons. The number of amides is 1. The van der Waals surface area contributed by atoms with Crippen LogP contribution in [0.15, 0.2) is 24.3 Å². The number of aliphatic hydroxyl groups is 2. The molecule has 1 fully saturated rings. The van der Waals surface area contributed by atoms with Crippen molar-refractivity contribution in [2.75, 3.05) is 20.1 Å². The van der Waals surface area contributed by atoms with Crippen LogP contribution < -0.4 is 5.32 Å². The number of β-amino-alcohol motifs (C(OH)–C–C–N with tert-alkyl or cyclic N) is 1. The van der Waals surface area contributed by atoms with Crippen molar-refractivity contribution in [2.45, 2.75) is 37.7 Å². The van der Waals surface area contributed by atoms with Gasteiger partial charge in [0.1, 0.15) is 6.61 Å². The topological polar surface area (TPSA) is 125 Å². The Morgan fingerprint density at radius 2 is 2.16 bits per heavy atom. The average Bonchev–Trinajstić information content (AvgIpc) is 3.04. The summed E-state index contributed by atoms with van der Waals surface area (Å²) >= 11 is 0. The Balaban J connectivity index is 1.71. The number of nitrogens with one attached hydrogen (secondary N) is 1. The Morgan fingerprint density at radius 1 is 1.48 bits per heavy atom. The first-order valence-electron chi connectivity index (χ1n) is 8.07. The molecular weight excluding hydrogens is 330 g/mol. The molecule has 1 aromatic rings. The molecule has 9 nitrogen and oxygen atoms in total. The zero-order valence-electron chi connectivity index (χ0n) is 14.0. The highest BCUT2D eigenvalue weighted by molar-refractivity contribution is 5.67. The van der Waals surface area contributed by atoms with Gasteiger partial charge in [0, 0.05) is 38.3 Å². The Morgan fingerprint density at radius 3 is 2.72 bits per heavy atom. The number of non-ortho nitro benzene ring substituents is 1. The molecule has 1 amide bonds. The molecule has 3 N–H and O–H groups in total. The molecule has 9 heteroatoms. The van der Waals surface area contributed by atoms with Crippen molar-refractivity contribution in [2.24, 2.45) is 0 Å². The third kappa shape index (κ3) is 5.66. The lowest BCUT2D eigenvalue weighted by Crippen LogP contribution is -2.38. The molecule has 3 atom stereocenters. The summed E-state index contributed by atoms with van der Waals surface area (Å²) in [6, 6.07) is 5.61. The SMILES string of the molecule is CN(CC[C@@H](O)[C@@H]1C[C@@H](O)CN1)C(=O)OCc1ccc([N+](=O)[O-])cc1. The van der Waals surface area contributed by atoms with Gasteiger partial charge in [0.25, 0.3) is 5.69 Å². The van der Waals surface area contributed by atoms with Crippen molar-refractivity contribution in [3.63, 3.8) is 0 Å². The summed E-state index contributed by atoms with van der Waals surface area (Å²) in [5.41, 5.74) is 0.628. The van der Waals surface area contributed by atoms with Crippen LogP contribution in [-0.4, -0.2) is 64.5 Å². The van der Waals surface area contributed by atoms with Crippen LogP contribution in [0.4, 0.5) is 10.5 Å². The van der Waals surface area contributed by atoms with E-state index in [1.54, 1.807) is 7.05 Å². The minimum absolute atomic E-state index is 0.0140. The summed E-state index contributed by atoms with van der Waals surface area (Å²) < 4.78 is 5.14. The van der Waals surface area contributed by atoms with Gasteiger partial charge in [-0.25, -0.2) is 4.79 Å². The fraction of sp³-hybridized carbons (Fsp3) is 0.562. The summed E-state index contributed by atoms with van der Waals surface area (Å²) in [7, 11) is 1.57. The van der Waals surface area contributed by atoms with E-state index in [2.05, 4.69) is 5.32 Å². The van der Waals surface area contributed by atoms with E-state index in [0.717, 1.165) is 0 Å². The van der Waals surface area contributed by atoms with Gasteiger partial charge in [-0.2, -0.15) is 0 Å². The van der Waals surface area contributed by atoms with Crippen molar-refractivity contribution in [1.82, 2.24) is 10.2 Å². The van der Waals surface area contributed by atoms with Gasteiger partial charge in [-0.1, -0.05) is 0 Å². The molecule has 1 heterocycles. The molecule has 0 radical (unpaired) electrons. The van der Waals surface area contributed by atoms with Crippen LogP contribution in [0.2, 0.25) is 0 Å². The second kappa shape index (κ2) is 8.75. The molecule has 0 bridgehead atoms. The molecule has 2 rings (SSSR count). The molecule has 0 aliphatic carbocycles. The van der Waals surface area contributed by atoms with Crippen molar-refractivity contribution >= 4 is 11.8 Å². The number of carbonyl (C=O) groups is 1. The van der Waals surface area contributed by atoms with E-state index in [1.165, 1.54) is 29.2 Å². The van der Waals surface area contributed by atoms with Gasteiger partial charge in [-0.3, -0.25) is 10.1 Å². The van der Waals surface area contributed by atoms with Gasteiger partial charge in [-0.05, 0) is 30.5 Å². The van der Waals surface area contributed by atoms with Crippen LogP contribution in [0.3, 0.4) is 0 Å². The first-order chi connectivity index (χ1) is 11.9. The maximum absolute atomic E-state index is 11.9. The second-order valence-corrected chi connectivity index (χ2v) is 6.16. The molecule has 25 heavy (non-hydrogen) atoms. The average molecular weight is 353 g/mol. The molecule has 1 saturated heterocycles. The summed E-state index contributed by atoms with van der Waals surface area (Å²) in [4.78, 5) is 23.4. The molecule has 1 aliphatic rings. The number of carbonyl (C=O) groups excluding carboxylic acids is 1. The van der Waals surface area contributed by atoms with Gasteiger partial charge in [0.2, 0.25) is 0 Å². The fourth-order valence-electron chi connectivity index (χ4n) is 2.63. The number of rotatable bonds is 7. The first-order valence-corrected chi connectivity index (χ1v) is 8.07. The van der Waals surface area contributed by atoms with Crippen LogP contribution in [-0.2, 0) is 11.3 Å². The predicted octanol–water partition coefficient (Wildman–Crippen LogP) is 0.637. The highest BCUT2D eigenvalue weighted by Gasteiger charge is 2.28. The summed E-state index contributed by atoms with van der Waals surface area (Å²) in [5.74, 6) is 0. The molecule has 1 aliphatic heterocycles. The highest BCUT2D eigenvalue weighted by atomic mass is 16.6. The summed E-state index contributed by atoms with van der Waals surface area (Å²) in [5, 5.41) is 33.1. The van der Waals surface area contributed by atoms with Gasteiger partial charge < -0.3 is 25.2 Å². The fourth-order valence-corrected chi connectivity index (χ4v) is 2.63. The number of benzene rings is 1. The third-order valence-electron chi connectivity index (χ3n) is 4.19. The van der Waals surface area contributed by atoms with Crippen LogP contribution >= 0.6 is 0 Å². The minimum Gasteiger partial charge on any atom is -0.445 e. The van der Waals surface area contributed by atoms with Crippen LogP contribution in [0.5, 0.6) is 0 Å². The Kier molecular flexibility index (Phi) is 6.68. The minimum atomic E-state index is -0.651. The number of hydrogen-bond donors (Lipinski definition) is 3. The number of nitrogens with zero attached hydrogens (tertiary/aromatic N) is 2. The van der Waals surface area contributed by atoms with E-state index >= 15 is 0 Å². The van der Waals surface area contributed by atoms with Gasteiger partial charge >= 0.3 is 6.09 Å². The van der Waals surface area contributed by atoms with Crippen molar-refractivity contribution in [1.29, 1.82) is 0 Å². The van der Waals surface area contributed by atoms with Crippen molar-refractivity contribution in [3.8, 4) is 0 Å². The first kappa shape index (κ1) is 19.1. The van der Waals surface area contributed by atoms with E-state index < -0.39 is 23.2 Å². The molecule has 0 saturated carbocycles. The standard InChI is InChI=1S/C16H23N3O6/c1-18(7-6-15(21)14-8-13(20)9-17-14)16(22)25-10-11-2-4-12(5-3-11)19(23)24/h2-5,13-15,17,20-21H,6-10H2,1H3/t13-,14+,15-/m1/s1. The zero-order valence-corrected chi connectivity index (χ0v) is 14.0. The van der Waals surface area contributed by atoms with Crippen molar-refractivity contribution in [3.05, 3.63) is 39.9 Å². The number of hydrogen-bond acceptors (Lipinski definition) is 7. The Bertz CT molecular complexity index is 594. The van der Waals surface area contributed by atoms with Crippen LogP contribution in [0, 0.1) is 10.1 Å². The van der Waals surface area contributed by atoms with E-state index in [4.69, 9.17) is 4.74 Å². The van der Waals surface area contributed by atoms with Gasteiger partial charge in [0.05, 0.1) is 17.1 Å². The number of aliphatic hydroxyl groups excluding tert-OH is 2. The zero-order chi connectivity index (χ0) is 18.4. The molecule has 0 aromatic heterocycles. The lowest BCUT2D eigenvalue weighted by molar-refractivity contribution is -0.384. The normalized spacial score (nSPS) is 20.9. The largest absolute Gasteiger partial charge is 0.445 e. The monoisotopic (exact) mass is 353 g/mol. The molecular formula is C16H23N3O6. The van der Waals surface area contributed by atoms with E-state index in [-0.39, 0.29) is 18.3 Å². The van der Waals surface area contributed by atoms with Crippen LogP contribution in [0.25, 0.3) is 0 Å². The maximum atomic E-state index is 11.9.